The van der Waals surface area contributed by atoms with E-state index in [1.54, 1.807) is 14.0 Å². The van der Waals surface area contributed by atoms with E-state index in [0.29, 0.717) is 23.1 Å². The van der Waals surface area contributed by atoms with E-state index in [4.69, 9.17) is 20.4 Å². The highest BCUT2D eigenvalue weighted by Crippen LogP contribution is 2.40. The molecule has 3 aromatic heterocycles. The van der Waals surface area contributed by atoms with Crippen LogP contribution in [0.25, 0.3) is 44.8 Å². The number of carbonyl (C=O) groups is 1. The van der Waals surface area contributed by atoms with Crippen LogP contribution in [0.1, 0.15) is 54.6 Å². The molecular formula is C35H38N6O3. The molecule has 226 valence electrons. The number of aromatic nitrogens is 4. The van der Waals surface area contributed by atoms with Gasteiger partial charge in [0.2, 0.25) is 0 Å². The molecule has 1 amide bonds. The van der Waals surface area contributed by atoms with E-state index in [9.17, 15) is 9.90 Å². The number of hydrogen-bond donors (Lipinski definition) is 2. The van der Waals surface area contributed by atoms with Gasteiger partial charge in [0.15, 0.2) is 5.82 Å². The molecule has 0 spiro atoms. The van der Waals surface area contributed by atoms with E-state index in [1.807, 2.05) is 48.3 Å². The number of rotatable bonds is 7. The molecule has 1 saturated heterocycles. The van der Waals surface area contributed by atoms with Crippen LogP contribution in [-0.4, -0.2) is 60.8 Å². The number of methoxy groups -OCH3 is 1. The van der Waals surface area contributed by atoms with E-state index >= 15 is 0 Å². The van der Waals surface area contributed by atoms with Crippen molar-refractivity contribution in [2.75, 3.05) is 13.7 Å². The number of pyridine rings is 1. The first-order valence-electron chi connectivity index (χ1n) is 15.7. The van der Waals surface area contributed by atoms with E-state index in [2.05, 4.69) is 27.3 Å². The van der Waals surface area contributed by atoms with Gasteiger partial charge in [0.05, 0.1) is 30.1 Å². The van der Waals surface area contributed by atoms with Gasteiger partial charge in [-0.05, 0) is 80.3 Å². The molecule has 9 nitrogen and oxygen atoms in total. The maximum Gasteiger partial charge on any atom is 0.254 e. The molecule has 3 N–H and O–H groups in total. The largest absolute Gasteiger partial charge is 0.494 e. The van der Waals surface area contributed by atoms with Crippen LogP contribution in [0.15, 0.2) is 54.6 Å². The van der Waals surface area contributed by atoms with Gasteiger partial charge in [-0.25, -0.2) is 9.97 Å². The summed E-state index contributed by atoms with van der Waals surface area (Å²) in [4.78, 5) is 25.9. The topological polar surface area (TPSA) is 111 Å². The average Bonchev–Trinajstić information content (AvgIpc) is 3.44. The van der Waals surface area contributed by atoms with Crippen LogP contribution in [0.5, 0.6) is 5.75 Å². The van der Waals surface area contributed by atoms with Crippen LogP contribution in [-0.2, 0) is 13.6 Å². The second-order valence-corrected chi connectivity index (χ2v) is 13.0. The highest BCUT2D eigenvalue weighted by atomic mass is 16.5. The third kappa shape index (κ3) is 4.32. The van der Waals surface area contributed by atoms with E-state index < -0.39 is 6.10 Å². The van der Waals surface area contributed by atoms with Crippen molar-refractivity contribution in [1.82, 2.24) is 24.0 Å². The fourth-order valence-electron chi connectivity index (χ4n) is 7.42. The molecule has 3 aliphatic rings. The minimum absolute atomic E-state index is 0.00103. The van der Waals surface area contributed by atoms with E-state index in [0.717, 1.165) is 76.3 Å². The Bertz CT molecular complexity index is 1920. The van der Waals surface area contributed by atoms with Crippen LogP contribution in [0.3, 0.4) is 0 Å². The zero-order chi connectivity index (χ0) is 30.3. The Kier molecular flexibility index (Phi) is 6.32. The zero-order valence-corrected chi connectivity index (χ0v) is 25.4. The van der Waals surface area contributed by atoms with Crippen molar-refractivity contribution in [3.63, 3.8) is 0 Å². The van der Waals surface area contributed by atoms with Gasteiger partial charge in [0, 0.05) is 48.7 Å². The number of fused-ring (bicyclic) bond motifs is 4. The number of amides is 1. The van der Waals surface area contributed by atoms with Crippen LogP contribution >= 0.6 is 0 Å². The normalized spacial score (nSPS) is 21.9. The minimum Gasteiger partial charge on any atom is -0.494 e. The van der Waals surface area contributed by atoms with Crippen molar-refractivity contribution in [3.8, 4) is 28.5 Å². The predicted octanol–water partition coefficient (Wildman–Crippen LogP) is 5.29. The molecule has 5 aromatic rings. The Morgan fingerprint density at radius 1 is 1.07 bits per heavy atom. The lowest BCUT2D eigenvalue weighted by Crippen LogP contribution is -2.41. The number of carbonyl (C=O) groups excluding carboxylic acids is 1. The summed E-state index contributed by atoms with van der Waals surface area (Å²) < 4.78 is 10.2. The predicted molar refractivity (Wildman–Crippen MR) is 170 cm³/mol. The molecule has 2 saturated carbocycles. The van der Waals surface area contributed by atoms with E-state index in [1.165, 1.54) is 12.8 Å². The van der Waals surface area contributed by atoms with Crippen LogP contribution in [0, 0.1) is 11.8 Å². The Morgan fingerprint density at radius 2 is 1.86 bits per heavy atom. The summed E-state index contributed by atoms with van der Waals surface area (Å²) in [5, 5.41) is 11.0. The van der Waals surface area contributed by atoms with Crippen molar-refractivity contribution in [1.29, 1.82) is 0 Å². The summed E-state index contributed by atoms with van der Waals surface area (Å²) in [6, 6.07) is 18.2. The molecule has 44 heavy (non-hydrogen) atoms. The Balaban J connectivity index is 1.22. The third-order valence-corrected chi connectivity index (χ3v) is 10.1. The average molecular weight is 591 g/mol. The molecular weight excluding hydrogens is 552 g/mol. The summed E-state index contributed by atoms with van der Waals surface area (Å²) in [6.45, 7) is 3.37. The van der Waals surface area contributed by atoms with Gasteiger partial charge in [-0.2, -0.15) is 0 Å². The lowest BCUT2D eigenvalue weighted by atomic mass is 10.1. The molecule has 3 fully saturated rings. The summed E-state index contributed by atoms with van der Waals surface area (Å²) >= 11 is 0. The van der Waals surface area contributed by atoms with Crippen molar-refractivity contribution in [3.05, 3.63) is 65.7 Å². The number of nitrogens with two attached hydrogens (primary N) is 1. The van der Waals surface area contributed by atoms with Gasteiger partial charge in [0.1, 0.15) is 16.9 Å². The second kappa shape index (κ2) is 10.2. The Labute approximate surface area is 256 Å². The quantitative estimate of drug-likeness (QED) is 0.267. The number of piperidine rings is 1. The summed E-state index contributed by atoms with van der Waals surface area (Å²) in [6.07, 6.45) is 3.99. The summed E-state index contributed by atoms with van der Waals surface area (Å²) in [5.74, 6) is 2.46. The molecule has 8 rings (SSSR count). The second-order valence-electron chi connectivity index (χ2n) is 13.0. The Hall–Kier alpha value is -4.21. The van der Waals surface area contributed by atoms with Gasteiger partial charge in [-0.15, -0.1) is 0 Å². The monoisotopic (exact) mass is 590 g/mol. The first-order valence-corrected chi connectivity index (χ1v) is 15.7. The Morgan fingerprint density at radius 3 is 2.52 bits per heavy atom. The van der Waals surface area contributed by atoms with Crippen LogP contribution in [0.2, 0.25) is 0 Å². The van der Waals surface area contributed by atoms with Gasteiger partial charge < -0.3 is 29.6 Å². The van der Waals surface area contributed by atoms with Gasteiger partial charge >= 0.3 is 0 Å². The highest BCUT2D eigenvalue weighted by molar-refractivity contribution is 6.00. The molecule has 2 aliphatic carbocycles. The molecule has 0 radical (unpaired) electrons. The van der Waals surface area contributed by atoms with E-state index in [-0.39, 0.29) is 18.0 Å². The third-order valence-electron chi connectivity index (χ3n) is 10.1. The maximum atomic E-state index is 13.7. The smallest absolute Gasteiger partial charge is 0.254 e. The fraction of sp³-hybridized carbons (Fsp3) is 0.400. The standard InChI is InChI=1S/C35H38N6O3/c1-19(42)21-6-8-22(9-7-21)26-12-10-23-15-29(40(33(23)37-26)17-20-4-5-20)34-38-27-14-25(16-30(44-3)32(27)39(34)2)35(43)41-18-24-11-13-28(41)31(24)36/h6-10,12,14-16,19-20,24,28,31,42H,4-5,11,13,17-18,36H2,1-3H3/t19?,24-,28-,31-/m1/s1. The minimum atomic E-state index is -0.507. The number of aliphatic hydroxyl groups is 1. The van der Waals surface area contributed by atoms with Gasteiger partial charge in [-0.3, -0.25) is 4.79 Å². The fourth-order valence-corrected chi connectivity index (χ4v) is 7.42. The number of aliphatic hydroxyl groups excluding tert-OH is 1. The lowest BCUT2D eigenvalue weighted by molar-refractivity contribution is 0.0700. The SMILES string of the molecule is COc1cc(C(=O)N2C[C@H]3CC[C@@H]2[C@@H]3N)cc2nc(-c3cc4ccc(-c5ccc(C(C)O)cc5)nc4n3CC3CC3)n(C)c12. The number of benzene rings is 2. The number of likely N-dealkylation sites (tertiary alicyclic amines) is 1. The molecule has 4 heterocycles. The maximum absolute atomic E-state index is 13.7. The summed E-state index contributed by atoms with van der Waals surface area (Å²) in [7, 11) is 3.65. The first-order chi connectivity index (χ1) is 21.3. The molecule has 2 bridgehead atoms. The first kappa shape index (κ1) is 27.3. The van der Waals surface area contributed by atoms with Gasteiger partial charge in [-0.1, -0.05) is 24.3 Å². The number of hydrogen-bond acceptors (Lipinski definition) is 6. The van der Waals surface area contributed by atoms with Gasteiger partial charge in [0.25, 0.3) is 5.91 Å². The highest BCUT2D eigenvalue weighted by Gasteiger charge is 2.47. The molecule has 4 atom stereocenters. The van der Waals surface area contributed by atoms with Crippen molar-refractivity contribution in [2.24, 2.45) is 24.6 Å². The van der Waals surface area contributed by atoms with Crippen molar-refractivity contribution >= 4 is 28.0 Å². The number of imidazole rings is 1. The molecule has 1 aliphatic heterocycles. The molecule has 1 unspecified atom stereocenters. The van der Waals surface area contributed by atoms with Crippen molar-refractivity contribution < 1.29 is 14.6 Å². The molecule has 2 aromatic carbocycles. The number of nitrogens with zero attached hydrogens (tertiary/aromatic N) is 5. The summed E-state index contributed by atoms with van der Waals surface area (Å²) in [5.41, 5.74) is 13.3. The number of ether oxygens (including phenoxy) is 1. The zero-order valence-electron chi connectivity index (χ0n) is 25.4. The molecule has 9 heteroatoms. The van der Waals surface area contributed by atoms with Crippen LogP contribution < -0.4 is 10.5 Å². The lowest BCUT2D eigenvalue weighted by Gasteiger charge is -2.27. The van der Waals surface area contributed by atoms with Crippen LogP contribution in [0.4, 0.5) is 0 Å². The number of aryl methyl sites for hydroxylation is 1. The van der Waals surface area contributed by atoms with Crippen molar-refractivity contribution in [2.45, 2.75) is 57.3 Å².